The largest absolute Gasteiger partial charge is 0.487 e. The summed E-state index contributed by atoms with van der Waals surface area (Å²) in [6, 6.07) is 3.59. The van der Waals surface area contributed by atoms with Crippen molar-refractivity contribution in [2.45, 2.75) is 115 Å². The lowest BCUT2D eigenvalue weighted by molar-refractivity contribution is -0.158. The molecule has 6 saturated carbocycles. The van der Waals surface area contributed by atoms with Crippen LogP contribution >= 0.6 is 0 Å². The maximum absolute atomic E-state index is 15.9. The monoisotopic (exact) mass is 539 g/mol. The van der Waals surface area contributed by atoms with E-state index in [2.05, 4.69) is 31.2 Å². The zero-order chi connectivity index (χ0) is 27.8. The summed E-state index contributed by atoms with van der Waals surface area (Å²) in [5, 5.41) is 17.6. The minimum absolute atomic E-state index is 0.0377. The number of rotatable bonds is 8. The van der Waals surface area contributed by atoms with Gasteiger partial charge in [-0.05, 0) is 101 Å². The van der Waals surface area contributed by atoms with Crippen LogP contribution in [-0.2, 0) is 22.0 Å². The molecule has 6 aliphatic rings. The van der Waals surface area contributed by atoms with Crippen molar-refractivity contribution < 1.29 is 23.6 Å². The highest BCUT2D eigenvalue weighted by molar-refractivity contribution is 5.97. The Morgan fingerprint density at radius 3 is 2.26 bits per heavy atom. The second-order valence-electron chi connectivity index (χ2n) is 14.9. The van der Waals surface area contributed by atoms with Crippen molar-refractivity contribution in [3.63, 3.8) is 0 Å². The fourth-order valence-corrected chi connectivity index (χ4v) is 7.26. The quantitative estimate of drug-likeness (QED) is 0.413. The molecule has 0 radical (unpaired) electrons. The molecule has 212 valence electrons. The third-order valence-corrected chi connectivity index (χ3v) is 10.0. The Hall–Kier alpha value is -2.48. The van der Waals surface area contributed by atoms with Gasteiger partial charge in [-0.3, -0.25) is 4.79 Å². The van der Waals surface area contributed by atoms with E-state index in [9.17, 15) is 9.90 Å². The van der Waals surface area contributed by atoms with E-state index in [4.69, 9.17) is 14.2 Å². The fraction of sp³-hybridized carbons (Fsp3) is 0.710. The number of carbonyl (C=O) groups is 1. The zero-order valence-corrected chi connectivity index (χ0v) is 24.0. The Morgan fingerprint density at radius 1 is 1.10 bits per heavy atom. The van der Waals surface area contributed by atoms with Crippen LogP contribution < -0.4 is 10.1 Å². The number of nitrogens with one attached hydrogen (secondary N) is 1. The van der Waals surface area contributed by atoms with Gasteiger partial charge in [-0.2, -0.15) is 4.98 Å². The maximum atomic E-state index is 15.9. The first-order valence-corrected chi connectivity index (χ1v) is 14.5. The lowest BCUT2D eigenvalue weighted by atomic mass is 9.44. The van der Waals surface area contributed by atoms with Gasteiger partial charge in [0, 0.05) is 10.8 Å². The Balaban J connectivity index is 1.21. The Morgan fingerprint density at radius 2 is 1.74 bits per heavy atom. The molecule has 0 spiro atoms. The number of halogens is 1. The van der Waals surface area contributed by atoms with E-state index in [1.54, 1.807) is 19.9 Å². The molecular formula is C31H42FN3O4. The van der Waals surface area contributed by atoms with Crippen molar-refractivity contribution in [3.05, 3.63) is 35.2 Å². The van der Waals surface area contributed by atoms with Gasteiger partial charge in [0.25, 0.3) is 0 Å². The van der Waals surface area contributed by atoms with Crippen LogP contribution in [0.4, 0.5) is 10.1 Å². The summed E-state index contributed by atoms with van der Waals surface area (Å²) in [5.41, 5.74) is -0.629. The number of aliphatic hydroxyl groups is 1. The van der Waals surface area contributed by atoms with Crippen molar-refractivity contribution in [2.75, 3.05) is 11.9 Å². The van der Waals surface area contributed by atoms with Crippen LogP contribution in [0.2, 0.25) is 0 Å². The predicted octanol–water partition coefficient (Wildman–Crippen LogP) is 6.23. The van der Waals surface area contributed by atoms with E-state index in [-0.39, 0.29) is 45.6 Å². The van der Waals surface area contributed by atoms with Crippen LogP contribution in [0.3, 0.4) is 0 Å². The van der Waals surface area contributed by atoms with Gasteiger partial charge in [0.05, 0.1) is 16.7 Å². The number of fused-ring (bicyclic) bond motifs is 3. The molecule has 6 aliphatic carbocycles. The molecule has 1 amide bonds. The number of benzene rings is 1. The molecule has 7 nitrogen and oxygen atoms in total. The molecule has 6 fully saturated rings. The average Bonchev–Trinajstić information content (AvgIpc) is 3.31. The molecule has 1 heterocycles. The van der Waals surface area contributed by atoms with Crippen LogP contribution in [0, 0.1) is 22.6 Å². The summed E-state index contributed by atoms with van der Waals surface area (Å²) in [6.45, 7) is 9.49. The van der Waals surface area contributed by atoms with Crippen LogP contribution in [0.15, 0.2) is 16.7 Å². The molecule has 0 atom stereocenters. The average molecular weight is 540 g/mol. The van der Waals surface area contributed by atoms with Gasteiger partial charge in [0.15, 0.2) is 17.4 Å². The number of nitrogens with zero attached hydrogens (tertiary/aromatic N) is 2. The van der Waals surface area contributed by atoms with E-state index in [1.807, 2.05) is 6.07 Å². The van der Waals surface area contributed by atoms with Gasteiger partial charge < -0.3 is 19.7 Å². The molecule has 1 aromatic heterocycles. The third kappa shape index (κ3) is 4.66. The van der Waals surface area contributed by atoms with Crippen LogP contribution in [0.1, 0.15) is 110 Å². The minimum atomic E-state index is -1.11. The molecule has 0 saturated heterocycles. The number of carbonyl (C=O) groups excluding carboxylic acids is 1. The van der Waals surface area contributed by atoms with Gasteiger partial charge in [-0.1, -0.05) is 32.0 Å². The van der Waals surface area contributed by atoms with Crippen molar-refractivity contribution >= 4 is 11.6 Å². The normalized spacial score (nSPS) is 31.4. The Labute approximate surface area is 230 Å². The molecule has 2 aromatic rings. The van der Waals surface area contributed by atoms with Gasteiger partial charge in [0.2, 0.25) is 11.8 Å². The van der Waals surface area contributed by atoms with Gasteiger partial charge in [-0.15, -0.1) is 0 Å². The summed E-state index contributed by atoms with van der Waals surface area (Å²) in [4.78, 5) is 17.7. The predicted molar refractivity (Wildman–Crippen MR) is 145 cm³/mol. The summed E-state index contributed by atoms with van der Waals surface area (Å²) < 4.78 is 27.5. The fourth-order valence-electron chi connectivity index (χ4n) is 7.26. The smallest absolute Gasteiger partial charge is 0.232 e. The van der Waals surface area contributed by atoms with Crippen LogP contribution in [0.5, 0.6) is 5.75 Å². The topological polar surface area (TPSA) is 97.5 Å². The van der Waals surface area contributed by atoms with E-state index in [0.717, 1.165) is 69.2 Å². The number of hydrogen-bond acceptors (Lipinski definition) is 6. The number of hydrogen-bond donors (Lipinski definition) is 2. The third-order valence-electron chi connectivity index (χ3n) is 10.0. The second-order valence-corrected chi connectivity index (χ2v) is 14.9. The van der Waals surface area contributed by atoms with E-state index >= 15 is 4.39 Å². The SMILES string of the molecule is CC(C)(O)COc1c(CC23CCC(c4noc(C(C)(C)C)n4)(CC2)CC3)ccc(NC(=O)C23CC(C2)C3)c1F. The van der Waals surface area contributed by atoms with Crippen molar-refractivity contribution in [2.24, 2.45) is 16.7 Å². The number of aromatic nitrogens is 2. The first kappa shape index (κ1) is 26.7. The summed E-state index contributed by atoms with van der Waals surface area (Å²) in [6.07, 6.45) is 9.37. The first-order chi connectivity index (χ1) is 18.2. The van der Waals surface area contributed by atoms with Crippen LogP contribution in [-0.4, -0.2) is 33.4 Å². The van der Waals surface area contributed by atoms with E-state index < -0.39 is 11.4 Å². The van der Waals surface area contributed by atoms with Crippen molar-refractivity contribution in [1.29, 1.82) is 0 Å². The lowest BCUT2D eigenvalue weighted by Gasteiger charge is -2.60. The van der Waals surface area contributed by atoms with Crippen molar-refractivity contribution in [3.8, 4) is 5.75 Å². The van der Waals surface area contributed by atoms with Crippen molar-refractivity contribution in [1.82, 2.24) is 10.1 Å². The highest BCUT2D eigenvalue weighted by Gasteiger charge is 2.61. The first-order valence-electron chi connectivity index (χ1n) is 14.5. The molecule has 1 aromatic carbocycles. The zero-order valence-electron chi connectivity index (χ0n) is 24.0. The molecule has 4 bridgehead atoms. The highest BCUT2D eigenvalue weighted by Crippen LogP contribution is 2.65. The summed E-state index contributed by atoms with van der Waals surface area (Å²) in [5.74, 6) is 1.70. The molecule has 0 aliphatic heterocycles. The summed E-state index contributed by atoms with van der Waals surface area (Å²) >= 11 is 0. The Kier molecular flexibility index (Phi) is 6.00. The molecule has 39 heavy (non-hydrogen) atoms. The minimum Gasteiger partial charge on any atom is -0.487 e. The number of ether oxygens (including phenoxy) is 1. The van der Waals surface area contributed by atoms with Gasteiger partial charge in [0.1, 0.15) is 6.61 Å². The molecule has 0 unspecified atom stereocenters. The standard InChI is InChI=1S/C31H42FN3O4/c1-27(2,3)26-34-24(35-39-26)30-11-8-29(9-12-30,10-13-30)17-20-6-7-21(22(32)23(20)38-18-28(4,5)37)33-25(36)31-14-19(15-31)16-31/h6-7,19,37H,8-18H2,1-5H3,(H,33,36). The van der Waals surface area contributed by atoms with Gasteiger partial charge >= 0.3 is 0 Å². The lowest BCUT2D eigenvalue weighted by Crippen LogP contribution is -2.58. The van der Waals surface area contributed by atoms with Crippen LogP contribution in [0.25, 0.3) is 0 Å². The highest BCUT2D eigenvalue weighted by atomic mass is 19.1. The molecule has 8 rings (SSSR count). The Bertz CT molecular complexity index is 1250. The van der Waals surface area contributed by atoms with E-state index in [1.165, 1.54) is 0 Å². The summed E-state index contributed by atoms with van der Waals surface area (Å²) in [7, 11) is 0. The maximum Gasteiger partial charge on any atom is 0.232 e. The van der Waals surface area contributed by atoms with Gasteiger partial charge in [-0.25, -0.2) is 4.39 Å². The van der Waals surface area contributed by atoms with E-state index in [0.29, 0.717) is 18.2 Å². The molecular weight excluding hydrogens is 497 g/mol. The molecule has 8 heteroatoms. The second kappa shape index (κ2) is 8.76. The number of amides is 1. The number of anilines is 1. The molecule has 2 N–H and O–H groups in total.